The zero-order valence-electron chi connectivity index (χ0n) is 9.60. The van der Waals surface area contributed by atoms with Gasteiger partial charge >= 0.3 is 0 Å². The minimum Gasteiger partial charge on any atom is -0.262 e. The quantitative estimate of drug-likeness (QED) is 0.601. The molecule has 0 fully saturated rings. The number of hydrogen-bond acceptors (Lipinski definition) is 4. The second-order valence-corrected chi connectivity index (χ2v) is 4.76. The lowest BCUT2D eigenvalue weighted by Crippen LogP contribution is -1.97. The van der Waals surface area contributed by atoms with Gasteiger partial charge in [-0.2, -0.15) is 0 Å². The number of pyridine rings is 1. The van der Waals surface area contributed by atoms with Gasteiger partial charge in [0.2, 0.25) is 0 Å². The Morgan fingerprint density at radius 1 is 1.25 bits per heavy atom. The van der Waals surface area contributed by atoms with Crippen LogP contribution in [0.4, 0.5) is 0 Å². The first kappa shape index (κ1) is 11.3. The average Bonchev–Trinajstić information content (AvgIpc) is 2.30. The molecule has 0 aliphatic rings. The van der Waals surface area contributed by atoms with Gasteiger partial charge in [0.25, 0.3) is 0 Å². The monoisotopic (exact) mass is 233 g/mol. The summed E-state index contributed by atoms with van der Waals surface area (Å²) in [6.07, 6.45) is 5.72. The molecule has 0 saturated heterocycles. The van der Waals surface area contributed by atoms with Crippen LogP contribution >= 0.6 is 11.8 Å². The van der Waals surface area contributed by atoms with Crippen LogP contribution in [0.3, 0.4) is 0 Å². The first-order valence-corrected chi connectivity index (χ1v) is 6.57. The van der Waals surface area contributed by atoms with Crippen LogP contribution in [-0.2, 0) is 6.42 Å². The third kappa shape index (κ3) is 2.32. The molecule has 0 atom stereocenters. The minimum atomic E-state index is 0.867. The van der Waals surface area contributed by atoms with Crippen LogP contribution in [0.1, 0.15) is 26.0 Å². The highest BCUT2D eigenvalue weighted by Crippen LogP contribution is 2.20. The Morgan fingerprint density at radius 2 is 2.12 bits per heavy atom. The number of rotatable bonds is 4. The second kappa shape index (κ2) is 5.25. The molecule has 0 N–H and O–H groups in total. The fourth-order valence-corrected chi connectivity index (χ4v) is 2.24. The predicted molar refractivity (Wildman–Crippen MR) is 67.7 cm³/mol. The topological polar surface area (TPSA) is 38.7 Å². The summed E-state index contributed by atoms with van der Waals surface area (Å²) in [5.41, 5.74) is 2.10. The van der Waals surface area contributed by atoms with E-state index < -0.39 is 0 Å². The van der Waals surface area contributed by atoms with Crippen molar-refractivity contribution in [3.8, 4) is 0 Å². The van der Waals surface area contributed by atoms with E-state index >= 15 is 0 Å². The third-order valence-electron chi connectivity index (χ3n) is 2.32. The summed E-state index contributed by atoms with van der Waals surface area (Å²) in [6, 6.07) is 2.00. The predicted octanol–water partition coefficient (Wildman–Crippen LogP) is 3.09. The molecule has 2 aromatic heterocycles. The van der Waals surface area contributed by atoms with Crippen LogP contribution in [0.5, 0.6) is 0 Å². The molecule has 2 heterocycles. The van der Waals surface area contributed by atoms with Crippen molar-refractivity contribution in [2.45, 2.75) is 31.8 Å². The van der Waals surface area contributed by atoms with Crippen LogP contribution in [-0.4, -0.2) is 20.7 Å². The van der Waals surface area contributed by atoms with E-state index in [0.717, 1.165) is 40.3 Å². The molecule has 0 unspecified atom stereocenters. The van der Waals surface area contributed by atoms with E-state index in [0.29, 0.717) is 0 Å². The van der Waals surface area contributed by atoms with E-state index in [4.69, 9.17) is 0 Å². The first-order valence-electron chi connectivity index (χ1n) is 5.58. The first-order chi connectivity index (χ1) is 7.85. The average molecular weight is 233 g/mol. The van der Waals surface area contributed by atoms with Crippen molar-refractivity contribution < 1.29 is 0 Å². The molecule has 2 aromatic rings. The van der Waals surface area contributed by atoms with E-state index in [1.165, 1.54) is 0 Å². The third-order valence-corrected chi connectivity index (χ3v) is 3.05. The largest absolute Gasteiger partial charge is 0.262 e. The molecule has 0 aliphatic carbocycles. The number of thioether (sulfide) groups is 1. The number of aromatic nitrogens is 3. The zero-order chi connectivity index (χ0) is 11.4. The Balaban J connectivity index is 2.54. The Labute approximate surface area is 99.7 Å². The van der Waals surface area contributed by atoms with Crippen molar-refractivity contribution in [2.24, 2.45) is 0 Å². The molecular weight excluding hydrogens is 218 g/mol. The SMILES string of the molecule is CCCc1nc(SCC)nc2cnccc12. The fourth-order valence-electron chi connectivity index (χ4n) is 1.64. The highest BCUT2D eigenvalue weighted by atomic mass is 32.2. The lowest BCUT2D eigenvalue weighted by Gasteiger charge is -2.06. The molecule has 4 heteroatoms. The minimum absolute atomic E-state index is 0.867. The summed E-state index contributed by atoms with van der Waals surface area (Å²) in [5, 5.41) is 2.00. The highest BCUT2D eigenvalue weighted by Gasteiger charge is 2.06. The lowest BCUT2D eigenvalue weighted by atomic mass is 10.1. The van der Waals surface area contributed by atoms with Gasteiger partial charge in [-0.05, 0) is 18.2 Å². The van der Waals surface area contributed by atoms with E-state index in [2.05, 4.69) is 28.8 Å². The van der Waals surface area contributed by atoms with E-state index in [1.54, 1.807) is 18.0 Å². The standard InChI is InChI=1S/C12H15N3S/c1-3-5-10-9-6-7-13-8-11(9)15-12(14-10)16-4-2/h6-8H,3-5H2,1-2H3. The number of nitrogens with zero attached hydrogens (tertiary/aromatic N) is 3. The molecule has 3 nitrogen and oxygen atoms in total. The number of aryl methyl sites for hydroxylation is 1. The Morgan fingerprint density at radius 3 is 2.88 bits per heavy atom. The molecule has 0 aromatic carbocycles. The van der Waals surface area contributed by atoms with Crippen molar-refractivity contribution >= 4 is 22.7 Å². The van der Waals surface area contributed by atoms with Crippen molar-refractivity contribution in [2.75, 3.05) is 5.75 Å². The summed E-state index contributed by atoms with van der Waals surface area (Å²) in [4.78, 5) is 13.2. The summed E-state index contributed by atoms with van der Waals surface area (Å²) in [6.45, 7) is 4.28. The summed E-state index contributed by atoms with van der Waals surface area (Å²) in [5.74, 6) is 0.997. The van der Waals surface area contributed by atoms with Crippen LogP contribution in [0, 0.1) is 0 Å². The van der Waals surface area contributed by atoms with E-state index in [1.807, 2.05) is 12.3 Å². The second-order valence-electron chi connectivity index (χ2n) is 3.53. The Kier molecular flexibility index (Phi) is 3.72. The number of hydrogen-bond donors (Lipinski definition) is 0. The van der Waals surface area contributed by atoms with Gasteiger partial charge in [0.1, 0.15) is 0 Å². The molecule has 0 spiro atoms. The van der Waals surface area contributed by atoms with E-state index in [-0.39, 0.29) is 0 Å². The summed E-state index contributed by atoms with van der Waals surface area (Å²) < 4.78 is 0. The highest BCUT2D eigenvalue weighted by molar-refractivity contribution is 7.99. The van der Waals surface area contributed by atoms with Crippen LogP contribution < -0.4 is 0 Å². The molecule has 2 rings (SSSR count). The van der Waals surface area contributed by atoms with Gasteiger partial charge in [0.05, 0.1) is 17.4 Å². The van der Waals surface area contributed by atoms with Crippen molar-refractivity contribution in [1.82, 2.24) is 15.0 Å². The van der Waals surface area contributed by atoms with Gasteiger partial charge in [-0.1, -0.05) is 32.0 Å². The molecule has 0 radical (unpaired) electrons. The summed E-state index contributed by atoms with van der Waals surface area (Å²) >= 11 is 1.68. The molecular formula is C12H15N3S. The molecule has 0 amide bonds. The lowest BCUT2D eigenvalue weighted by molar-refractivity contribution is 0.847. The van der Waals surface area contributed by atoms with E-state index in [9.17, 15) is 0 Å². The van der Waals surface area contributed by atoms with Crippen molar-refractivity contribution in [3.05, 3.63) is 24.2 Å². The molecule has 0 aliphatic heterocycles. The van der Waals surface area contributed by atoms with Crippen molar-refractivity contribution in [1.29, 1.82) is 0 Å². The molecule has 0 saturated carbocycles. The van der Waals surface area contributed by atoms with Gasteiger partial charge < -0.3 is 0 Å². The number of fused-ring (bicyclic) bond motifs is 1. The fraction of sp³-hybridized carbons (Fsp3) is 0.417. The maximum absolute atomic E-state index is 4.60. The zero-order valence-corrected chi connectivity index (χ0v) is 10.4. The van der Waals surface area contributed by atoms with Gasteiger partial charge in [-0.3, -0.25) is 4.98 Å². The summed E-state index contributed by atoms with van der Waals surface area (Å²) in [7, 11) is 0. The maximum atomic E-state index is 4.60. The Hall–Kier alpha value is -1.16. The van der Waals surface area contributed by atoms with Crippen LogP contribution in [0.15, 0.2) is 23.6 Å². The molecule has 84 valence electrons. The van der Waals surface area contributed by atoms with Gasteiger partial charge in [0, 0.05) is 11.6 Å². The normalized spacial score (nSPS) is 10.9. The molecule has 16 heavy (non-hydrogen) atoms. The van der Waals surface area contributed by atoms with Crippen LogP contribution in [0.25, 0.3) is 10.9 Å². The van der Waals surface area contributed by atoms with Crippen molar-refractivity contribution in [3.63, 3.8) is 0 Å². The smallest absolute Gasteiger partial charge is 0.188 e. The van der Waals surface area contributed by atoms with Gasteiger partial charge in [-0.25, -0.2) is 9.97 Å². The van der Waals surface area contributed by atoms with Crippen LogP contribution in [0.2, 0.25) is 0 Å². The molecule has 0 bridgehead atoms. The Bertz CT molecular complexity index is 485. The van der Waals surface area contributed by atoms with Gasteiger partial charge in [0.15, 0.2) is 5.16 Å². The van der Waals surface area contributed by atoms with Gasteiger partial charge in [-0.15, -0.1) is 0 Å². The maximum Gasteiger partial charge on any atom is 0.188 e.